The van der Waals surface area contributed by atoms with Gasteiger partial charge in [0.25, 0.3) is 0 Å². The minimum Gasteiger partial charge on any atom is -0.207 e. The lowest BCUT2D eigenvalue weighted by Gasteiger charge is -2.17. The molecule has 0 saturated heterocycles. The summed E-state index contributed by atoms with van der Waals surface area (Å²) in [5, 5.41) is 0. The van der Waals surface area contributed by atoms with Crippen molar-refractivity contribution in [2.24, 2.45) is 0 Å². The molecule has 0 spiro atoms. The second-order valence-electron chi connectivity index (χ2n) is 7.04. The highest BCUT2D eigenvalue weighted by Crippen LogP contribution is 2.23. The van der Waals surface area contributed by atoms with E-state index in [9.17, 15) is 8.42 Å². The van der Waals surface area contributed by atoms with Gasteiger partial charge in [-0.25, -0.2) is 13.1 Å². The molecular weight excluding hydrogens is 330 g/mol. The van der Waals surface area contributed by atoms with Crippen molar-refractivity contribution in [3.63, 3.8) is 0 Å². The second-order valence-corrected chi connectivity index (χ2v) is 8.76. The Hall–Kier alpha value is -1.65. The highest BCUT2D eigenvalue weighted by atomic mass is 32.2. The van der Waals surface area contributed by atoms with Gasteiger partial charge in [0.2, 0.25) is 10.0 Å². The average molecular weight is 360 g/mol. The molecule has 0 fully saturated rings. The normalized spacial score (nSPS) is 14.5. The summed E-state index contributed by atoms with van der Waals surface area (Å²) in [6.07, 6.45) is 1.09. The van der Waals surface area contributed by atoms with E-state index in [1.54, 1.807) is 12.1 Å². The highest BCUT2D eigenvalue weighted by molar-refractivity contribution is 7.89. The summed E-state index contributed by atoms with van der Waals surface area (Å²) < 4.78 is 28.0. The van der Waals surface area contributed by atoms with Gasteiger partial charge in [0.1, 0.15) is 0 Å². The van der Waals surface area contributed by atoms with Crippen LogP contribution in [0.1, 0.15) is 75.6 Å². The van der Waals surface area contributed by atoms with Crippen LogP contribution in [0.2, 0.25) is 0 Å². The molecule has 2 aromatic carbocycles. The van der Waals surface area contributed by atoms with Crippen LogP contribution in [0.4, 0.5) is 0 Å². The lowest BCUT2D eigenvalue weighted by molar-refractivity contribution is 0.566. The van der Waals surface area contributed by atoms with E-state index in [1.807, 2.05) is 31.2 Å². The quantitative estimate of drug-likeness (QED) is 0.723. The molecule has 136 valence electrons. The van der Waals surface area contributed by atoms with Crippen molar-refractivity contribution in [2.75, 3.05) is 0 Å². The van der Waals surface area contributed by atoms with E-state index in [-0.39, 0.29) is 6.04 Å². The first-order chi connectivity index (χ1) is 11.7. The van der Waals surface area contributed by atoms with Crippen molar-refractivity contribution in [2.45, 2.75) is 63.8 Å². The number of hydrogen-bond donors (Lipinski definition) is 1. The Morgan fingerprint density at radius 1 is 0.800 bits per heavy atom. The zero-order chi connectivity index (χ0) is 18.6. The van der Waals surface area contributed by atoms with Crippen molar-refractivity contribution in [3.05, 3.63) is 65.2 Å². The van der Waals surface area contributed by atoms with Crippen molar-refractivity contribution in [3.8, 4) is 0 Å². The third-order valence-corrected chi connectivity index (χ3v) is 6.36. The Morgan fingerprint density at radius 2 is 1.28 bits per heavy atom. The standard InChI is InChI=1S/C21H29NO2S/c1-6-16(4)19-7-9-20(10-8-19)17(5)22-25(23,24)21-13-11-18(12-14-21)15(2)3/h7-17,22H,6H2,1-5H3. The van der Waals surface area contributed by atoms with Crippen LogP contribution in [0.15, 0.2) is 53.4 Å². The fraction of sp³-hybridized carbons (Fsp3) is 0.429. The van der Waals surface area contributed by atoms with Crippen LogP contribution in [-0.4, -0.2) is 8.42 Å². The van der Waals surface area contributed by atoms with Gasteiger partial charge in [-0.05, 0) is 54.0 Å². The molecule has 0 bridgehead atoms. The van der Waals surface area contributed by atoms with Gasteiger partial charge in [-0.3, -0.25) is 0 Å². The molecule has 0 aliphatic carbocycles. The number of hydrogen-bond acceptors (Lipinski definition) is 2. The Kier molecular flexibility index (Phi) is 6.42. The fourth-order valence-corrected chi connectivity index (χ4v) is 3.98. The van der Waals surface area contributed by atoms with E-state index in [0.717, 1.165) is 17.5 Å². The monoisotopic (exact) mass is 359 g/mol. The van der Waals surface area contributed by atoms with Crippen LogP contribution in [0.3, 0.4) is 0 Å². The van der Waals surface area contributed by atoms with Crippen LogP contribution in [0.5, 0.6) is 0 Å². The Morgan fingerprint density at radius 3 is 1.76 bits per heavy atom. The van der Waals surface area contributed by atoms with Gasteiger partial charge in [-0.2, -0.15) is 0 Å². The average Bonchev–Trinajstić information content (AvgIpc) is 2.60. The van der Waals surface area contributed by atoms with Crippen LogP contribution >= 0.6 is 0 Å². The number of benzene rings is 2. The summed E-state index contributed by atoms with van der Waals surface area (Å²) in [5.41, 5.74) is 3.38. The first-order valence-corrected chi connectivity index (χ1v) is 10.4. The van der Waals surface area contributed by atoms with E-state index in [0.29, 0.717) is 16.7 Å². The summed E-state index contributed by atoms with van der Waals surface area (Å²) in [4.78, 5) is 0.306. The molecule has 0 heterocycles. The molecule has 0 saturated carbocycles. The van der Waals surface area contributed by atoms with Crippen LogP contribution in [-0.2, 0) is 10.0 Å². The number of rotatable bonds is 7. The van der Waals surface area contributed by atoms with E-state index in [1.165, 1.54) is 5.56 Å². The predicted octanol–water partition coefficient (Wildman–Crippen LogP) is 5.36. The topological polar surface area (TPSA) is 46.2 Å². The van der Waals surface area contributed by atoms with Gasteiger partial charge in [0, 0.05) is 6.04 Å². The summed E-state index contributed by atoms with van der Waals surface area (Å²) >= 11 is 0. The summed E-state index contributed by atoms with van der Waals surface area (Å²) in [5.74, 6) is 0.896. The predicted molar refractivity (Wildman–Crippen MR) is 104 cm³/mol. The van der Waals surface area contributed by atoms with Crippen LogP contribution in [0, 0.1) is 0 Å². The molecule has 0 aliphatic heterocycles. The van der Waals surface area contributed by atoms with Crippen LogP contribution < -0.4 is 4.72 Å². The molecule has 0 aliphatic rings. The number of nitrogens with one attached hydrogen (secondary N) is 1. The molecule has 2 unspecified atom stereocenters. The van der Waals surface area contributed by atoms with E-state index in [4.69, 9.17) is 0 Å². The van der Waals surface area contributed by atoms with Crippen molar-refractivity contribution < 1.29 is 8.42 Å². The van der Waals surface area contributed by atoms with Crippen molar-refractivity contribution >= 4 is 10.0 Å². The summed E-state index contributed by atoms with van der Waals surface area (Å²) in [7, 11) is -3.53. The smallest absolute Gasteiger partial charge is 0.207 e. The fourth-order valence-electron chi connectivity index (χ4n) is 2.75. The Labute approximate surface area is 152 Å². The zero-order valence-electron chi connectivity index (χ0n) is 15.8. The molecule has 1 N–H and O–H groups in total. The third-order valence-electron chi connectivity index (χ3n) is 4.81. The van der Waals surface area contributed by atoms with Gasteiger partial charge >= 0.3 is 0 Å². The Bertz CT molecular complexity index is 778. The number of sulfonamides is 1. The Balaban J connectivity index is 2.13. The molecule has 2 atom stereocenters. The maximum absolute atomic E-state index is 12.6. The summed E-state index contributed by atoms with van der Waals surface area (Å²) in [6, 6.07) is 15.0. The van der Waals surface area contributed by atoms with Crippen molar-refractivity contribution in [1.29, 1.82) is 0 Å². The van der Waals surface area contributed by atoms with Gasteiger partial charge < -0.3 is 0 Å². The van der Waals surface area contributed by atoms with Crippen LogP contribution in [0.25, 0.3) is 0 Å². The van der Waals surface area contributed by atoms with Gasteiger partial charge in [-0.15, -0.1) is 0 Å². The molecular formula is C21H29NO2S. The van der Waals surface area contributed by atoms with Crippen molar-refractivity contribution in [1.82, 2.24) is 4.72 Å². The molecule has 4 heteroatoms. The lowest BCUT2D eigenvalue weighted by atomic mass is 9.96. The summed E-state index contributed by atoms with van der Waals surface area (Å²) in [6.45, 7) is 10.4. The van der Waals surface area contributed by atoms with E-state index >= 15 is 0 Å². The maximum Gasteiger partial charge on any atom is 0.241 e. The highest BCUT2D eigenvalue weighted by Gasteiger charge is 2.18. The van der Waals surface area contributed by atoms with E-state index in [2.05, 4.69) is 44.5 Å². The molecule has 0 radical (unpaired) electrons. The molecule has 0 amide bonds. The molecule has 0 aromatic heterocycles. The van der Waals surface area contributed by atoms with Gasteiger partial charge in [-0.1, -0.05) is 64.1 Å². The molecule has 2 aromatic rings. The molecule has 25 heavy (non-hydrogen) atoms. The first-order valence-electron chi connectivity index (χ1n) is 8.96. The van der Waals surface area contributed by atoms with Gasteiger partial charge in [0.05, 0.1) is 4.90 Å². The lowest BCUT2D eigenvalue weighted by Crippen LogP contribution is -2.26. The first kappa shape index (κ1) is 19.7. The molecule has 2 rings (SSSR count). The third kappa shape index (κ3) is 4.93. The maximum atomic E-state index is 12.6. The largest absolute Gasteiger partial charge is 0.241 e. The zero-order valence-corrected chi connectivity index (χ0v) is 16.6. The molecule has 3 nitrogen and oxygen atoms in total. The SMILES string of the molecule is CCC(C)c1ccc(C(C)NS(=O)(=O)c2ccc(C(C)C)cc2)cc1. The minimum atomic E-state index is -3.53. The van der Waals surface area contributed by atoms with Gasteiger partial charge in [0.15, 0.2) is 0 Å². The second kappa shape index (κ2) is 8.15. The minimum absolute atomic E-state index is 0.277. The van der Waals surface area contributed by atoms with E-state index < -0.39 is 10.0 Å².